The van der Waals surface area contributed by atoms with E-state index in [1.807, 2.05) is 50.2 Å². The largest absolute Gasteiger partial charge is 0.376 e. The molecule has 0 atom stereocenters. The van der Waals surface area contributed by atoms with Crippen molar-refractivity contribution in [3.8, 4) is 0 Å². The molecule has 1 amide bonds. The third-order valence-electron chi connectivity index (χ3n) is 2.65. The molecule has 0 radical (unpaired) electrons. The highest BCUT2D eigenvalue weighted by atomic mass is 16.1. The lowest BCUT2D eigenvalue weighted by Crippen LogP contribution is -2.17. The van der Waals surface area contributed by atoms with Crippen molar-refractivity contribution in [3.05, 3.63) is 48.0 Å². The second-order valence-corrected chi connectivity index (χ2v) is 4.41. The molecule has 1 heterocycles. The average molecular weight is 256 g/mol. The second kappa shape index (κ2) is 5.48. The van der Waals surface area contributed by atoms with E-state index in [-0.39, 0.29) is 5.91 Å². The lowest BCUT2D eigenvalue weighted by atomic mass is 10.2. The molecule has 98 valence electrons. The highest BCUT2D eigenvalue weighted by Crippen LogP contribution is 2.23. The van der Waals surface area contributed by atoms with E-state index in [1.54, 1.807) is 6.20 Å². The SMILES string of the molecule is Cc1cnc(C(=O)Nc2ccccc2N(C)C)cn1. The number of nitrogens with zero attached hydrogens (tertiary/aromatic N) is 3. The van der Waals surface area contributed by atoms with E-state index >= 15 is 0 Å². The van der Waals surface area contributed by atoms with Crippen molar-refractivity contribution < 1.29 is 4.79 Å². The first kappa shape index (κ1) is 13.0. The van der Waals surface area contributed by atoms with E-state index < -0.39 is 0 Å². The molecule has 0 aliphatic heterocycles. The Balaban J connectivity index is 2.22. The summed E-state index contributed by atoms with van der Waals surface area (Å²) < 4.78 is 0. The molecule has 2 aromatic rings. The maximum absolute atomic E-state index is 12.1. The van der Waals surface area contributed by atoms with Crippen LogP contribution in [0.25, 0.3) is 0 Å². The highest BCUT2D eigenvalue weighted by molar-refractivity contribution is 6.04. The van der Waals surface area contributed by atoms with Gasteiger partial charge in [0.25, 0.3) is 5.91 Å². The first-order valence-electron chi connectivity index (χ1n) is 5.94. The molecular weight excluding hydrogens is 240 g/mol. The molecule has 19 heavy (non-hydrogen) atoms. The summed E-state index contributed by atoms with van der Waals surface area (Å²) in [5.74, 6) is -0.262. The van der Waals surface area contributed by atoms with Crippen LogP contribution in [-0.4, -0.2) is 30.0 Å². The number of nitrogens with one attached hydrogen (secondary N) is 1. The van der Waals surface area contributed by atoms with E-state index in [9.17, 15) is 4.79 Å². The fraction of sp³-hybridized carbons (Fsp3) is 0.214. The molecule has 0 unspecified atom stereocenters. The standard InChI is InChI=1S/C14H16N4O/c1-10-8-16-12(9-15-10)14(19)17-11-6-4-5-7-13(11)18(2)3/h4-9H,1-3H3,(H,17,19). The number of hydrogen-bond acceptors (Lipinski definition) is 4. The monoisotopic (exact) mass is 256 g/mol. The molecule has 1 N–H and O–H groups in total. The van der Waals surface area contributed by atoms with Gasteiger partial charge in [0.05, 0.1) is 23.3 Å². The second-order valence-electron chi connectivity index (χ2n) is 4.41. The van der Waals surface area contributed by atoms with Crippen LogP contribution in [0, 0.1) is 6.92 Å². The van der Waals surface area contributed by atoms with Gasteiger partial charge in [-0.25, -0.2) is 4.98 Å². The quantitative estimate of drug-likeness (QED) is 0.913. The maximum atomic E-state index is 12.1. The number of para-hydroxylation sites is 2. The van der Waals surface area contributed by atoms with Gasteiger partial charge in [-0.2, -0.15) is 0 Å². The predicted octanol–water partition coefficient (Wildman–Crippen LogP) is 2.10. The van der Waals surface area contributed by atoms with E-state index in [0.717, 1.165) is 17.1 Å². The van der Waals surface area contributed by atoms with Crippen LogP contribution in [0.2, 0.25) is 0 Å². The molecular formula is C14H16N4O. The van der Waals surface area contributed by atoms with Crippen molar-refractivity contribution in [2.24, 2.45) is 0 Å². The van der Waals surface area contributed by atoms with Crippen LogP contribution in [0.3, 0.4) is 0 Å². The first-order chi connectivity index (χ1) is 9.08. The minimum Gasteiger partial charge on any atom is -0.376 e. The number of aryl methyl sites for hydroxylation is 1. The Kier molecular flexibility index (Phi) is 3.75. The lowest BCUT2D eigenvalue weighted by molar-refractivity contribution is 0.102. The van der Waals surface area contributed by atoms with Crippen LogP contribution in [0.4, 0.5) is 11.4 Å². The summed E-state index contributed by atoms with van der Waals surface area (Å²) in [6, 6.07) is 7.60. The van der Waals surface area contributed by atoms with Crippen LogP contribution in [0.1, 0.15) is 16.2 Å². The maximum Gasteiger partial charge on any atom is 0.275 e. The van der Waals surface area contributed by atoms with E-state index in [1.165, 1.54) is 6.20 Å². The molecule has 2 rings (SSSR count). The first-order valence-corrected chi connectivity index (χ1v) is 5.94. The number of aromatic nitrogens is 2. The van der Waals surface area contributed by atoms with Gasteiger partial charge in [0, 0.05) is 20.3 Å². The summed E-state index contributed by atoms with van der Waals surface area (Å²) in [5.41, 5.74) is 2.78. The van der Waals surface area contributed by atoms with Gasteiger partial charge in [0.1, 0.15) is 5.69 Å². The molecule has 5 nitrogen and oxygen atoms in total. The van der Waals surface area contributed by atoms with Gasteiger partial charge in [-0.3, -0.25) is 9.78 Å². The Morgan fingerprint density at radius 3 is 2.53 bits per heavy atom. The number of carbonyl (C=O) groups excluding carboxylic acids is 1. The fourth-order valence-electron chi connectivity index (χ4n) is 1.67. The Morgan fingerprint density at radius 1 is 1.16 bits per heavy atom. The van der Waals surface area contributed by atoms with Gasteiger partial charge in [0.15, 0.2) is 0 Å². The van der Waals surface area contributed by atoms with Crippen molar-refractivity contribution in [2.75, 3.05) is 24.3 Å². The number of rotatable bonds is 3. The minimum atomic E-state index is -0.262. The fourth-order valence-corrected chi connectivity index (χ4v) is 1.67. The molecule has 0 aliphatic carbocycles. The summed E-state index contributed by atoms with van der Waals surface area (Å²) in [4.78, 5) is 22.1. The van der Waals surface area contributed by atoms with Crippen LogP contribution in [0.15, 0.2) is 36.7 Å². The number of hydrogen-bond donors (Lipinski definition) is 1. The summed E-state index contributed by atoms with van der Waals surface area (Å²) in [5, 5.41) is 2.84. The van der Waals surface area contributed by atoms with Crippen LogP contribution < -0.4 is 10.2 Å². The third-order valence-corrected chi connectivity index (χ3v) is 2.65. The molecule has 1 aromatic heterocycles. The number of carbonyl (C=O) groups is 1. The Labute approximate surface area is 112 Å². The summed E-state index contributed by atoms with van der Waals surface area (Å²) in [7, 11) is 3.85. The zero-order valence-electron chi connectivity index (χ0n) is 11.2. The summed E-state index contributed by atoms with van der Waals surface area (Å²) in [6.07, 6.45) is 3.05. The van der Waals surface area contributed by atoms with Crippen molar-refractivity contribution in [1.29, 1.82) is 0 Å². The van der Waals surface area contributed by atoms with Gasteiger partial charge in [-0.1, -0.05) is 12.1 Å². The molecule has 0 saturated heterocycles. The normalized spacial score (nSPS) is 10.1. The lowest BCUT2D eigenvalue weighted by Gasteiger charge is -2.17. The van der Waals surface area contributed by atoms with Crippen molar-refractivity contribution >= 4 is 17.3 Å². The number of anilines is 2. The highest BCUT2D eigenvalue weighted by Gasteiger charge is 2.11. The molecule has 0 saturated carbocycles. The van der Waals surface area contributed by atoms with E-state index in [4.69, 9.17) is 0 Å². The predicted molar refractivity (Wildman–Crippen MR) is 75.5 cm³/mol. The molecule has 0 fully saturated rings. The van der Waals surface area contributed by atoms with Crippen LogP contribution >= 0.6 is 0 Å². The molecule has 0 spiro atoms. The topological polar surface area (TPSA) is 58.1 Å². The zero-order valence-corrected chi connectivity index (χ0v) is 11.2. The van der Waals surface area contributed by atoms with E-state index in [0.29, 0.717) is 5.69 Å². The van der Waals surface area contributed by atoms with Crippen molar-refractivity contribution in [3.63, 3.8) is 0 Å². The van der Waals surface area contributed by atoms with E-state index in [2.05, 4.69) is 15.3 Å². The zero-order chi connectivity index (χ0) is 13.8. The van der Waals surface area contributed by atoms with Gasteiger partial charge >= 0.3 is 0 Å². The van der Waals surface area contributed by atoms with Crippen molar-refractivity contribution in [1.82, 2.24) is 9.97 Å². The molecule has 0 aliphatic rings. The van der Waals surface area contributed by atoms with Gasteiger partial charge in [0.2, 0.25) is 0 Å². The Hall–Kier alpha value is -2.43. The average Bonchev–Trinajstić information content (AvgIpc) is 2.39. The van der Waals surface area contributed by atoms with Crippen LogP contribution in [0.5, 0.6) is 0 Å². The molecule has 0 bridgehead atoms. The Bertz CT molecular complexity index is 578. The van der Waals surface area contributed by atoms with Crippen molar-refractivity contribution in [2.45, 2.75) is 6.92 Å². The minimum absolute atomic E-state index is 0.262. The van der Waals surface area contributed by atoms with Gasteiger partial charge < -0.3 is 10.2 Å². The smallest absolute Gasteiger partial charge is 0.275 e. The Morgan fingerprint density at radius 2 is 1.89 bits per heavy atom. The molecule has 1 aromatic carbocycles. The van der Waals surface area contributed by atoms with Gasteiger partial charge in [-0.05, 0) is 19.1 Å². The molecule has 5 heteroatoms. The third kappa shape index (κ3) is 3.07. The summed E-state index contributed by atoms with van der Waals surface area (Å²) >= 11 is 0. The van der Waals surface area contributed by atoms with Crippen LogP contribution in [-0.2, 0) is 0 Å². The number of amides is 1. The summed E-state index contributed by atoms with van der Waals surface area (Å²) in [6.45, 7) is 1.83. The van der Waals surface area contributed by atoms with Gasteiger partial charge in [-0.15, -0.1) is 0 Å². The number of benzene rings is 1.